The zero-order valence-corrected chi connectivity index (χ0v) is 6.13. The average molecular weight is 189 g/mol. The van der Waals surface area contributed by atoms with E-state index >= 15 is 0 Å². The molecule has 0 fully saturated rings. The molecule has 0 aliphatic heterocycles. The minimum absolute atomic E-state index is 0.528. The van der Waals surface area contributed by atoms with E-state index in [0.717, 1.165) is 12.4 Å². The summed E-state index contributed by atoms with van der Waals surface area (Å²) in [5.41, 5.74) is 0. The van der Waals surface area contributed by atoms with Crippen molar-refractivity contribution in [2.24, 2.45) is 4.99 Å². The van der Waals surface area contributed by atoms with Crippen LogP contribution in [0.5, 0.6) is 0 Å². The van der Waals surface area contributed by atoms with Crippen molar-refractivity contribution in [3.8, 4) is 0 Å². The molecule has 0 aromatic rings. The Balaban J connectivity index is 3.81. The summed E-state index contributed by atoms with van der Waals surface area (Å²) in [4.78, 5) is 13.1. The third-order valence-electron chi connectivity index (χ3n) is 0.483. The molecule has 0 atom stereocenters. The Labute approximate surface area is 61.1 Å². The van der Waals surface area contributed by atoms with E-state index in [1.54, 1.807) is 0 Å². The van der Waals surface area contributed by atoms with E-state index in [-0.39, 0.29) is 0 Å². The van der Waals surface area contributed by atoms with Gasteiger partial charge in [0, 0.05) is 12.4 Å². The van der Waals surface area contributed by atoms with Crippen LogP contribution in [0.2, 0.25) is 0 Å². The van der Waals surface area contributed by atoms with E-state index in [0.29, 0.717) is 10.8 Å². The van der Waals surface area contributed by atoms with Gasteiger partial charge in [-0.25, -0.2) is 0 Å². The topological polar surface area (TPSA) is 53.3 Å². The summed E-state index contributed by atoms with van der Waals surface area (Å²) in [7, 11) is 0. The fraction of sp³-hybridized carbons (Fsp3) is 0. The van der Waals surface area contributed by atoms with E-state index in [2.05, 4.69) is 20.9 Å². The highest BCUT2D eigenvalue weighted by Gasteiger charge is 1.76. The maximum Gasteiger partial charge on any atom is 0.161 e. The van der Waals surface area contributed by atoms with Gasteiger partial charge in [0.1, 0.15) is 0 Å². The van der Waals surface area contributed by atoms with Gasteiger partial charge in [-0.2, -0.15) is 0 Å². The minimum atomic E-state index is 0.528. The first-order valence-electron chi connectivity index (χ1n) is 2.14. The Morgan fingerprint density at radius 1 is 1.67 bits per heavy atom. The zero-order valence-electron chi connectivity index (χ0n) is 4.54. The van der Waals surface area contributed by atoms with Gasteiger partial charge in [-0.1, -0.05) is 0 Å². The Kier molecular flexibility index (Phi) is 4.91. The van der Waals surface area contributed by atoms with Gasteiger partial charge in [-0.05, 0) is 15.9 Å². The molecule has 0 amide bonds. The quantitative estimate of drug-likeness (QED) is 0.525. The van der Waals surface area contributed by atoms with Crippen molar-refractivity contribution < 1.29 is 4.79 Å². The maximum absolute atomic E-state index is 9.62. The molecular formula is C5H5BrN2O. The first-order valence-corrected chi connectivity index (χ1v) is 2.93. The molecule has 0 heterocycles. The molecule has 0 rings (SSSR count). The summed E-state index contributed by atoms with van der Waals surface area (Å²) < 4.78 is 0.528. The van der Waals surface area contributed by atoms with Crippen molar-refractivity contribution in [1.82, 2.24) is 0 Å². The number of nitrogens with zero attached hydrogens (tertiary/aromatic N) is 1. The Morgan fingerprint density at radius 2 is 2.33 bits per heavy atom. The summed E-state index contributed by atoms with van der Waals surface area (Å²) in [5, 5.41) is 6.64. The number of hydrogen-bond donors (Lipinski definition) is 1. The molecule has 4 heteroatoms. The Bertz CT molecular complexity index is 162. The number of aldehydes is 1. The van der Waals surface area contributed by atoms with E-state index in [1.165, 1.54) is 6.20 Å². The molecule has 3 nitrogen and oxygen atoms in total. The zero-order chi connectivity index (χ0) is 7.11. The molecule has 0 unspecified atom stereocenters. The minimum Gasteiger partial charge on any atom is -0.308 e. The monoisotopic (exact) mass is 188 g/mol. The highest BCUT2D eigenvalue weighted by atomic mass is 79.9. The molecule has 9 heavy (non-hydrogen) atoms. The van der Waals surface area contributed by atoms with Crippen molar-refractivity contribution in [3.05, 3.63) is 10.7 Å². The van der Waals surface area contributed by atoms with Crippen LogP contribution >= 0.6 is 15.9 Å². The van der Waals surface area contributed by atoms with Gasteiger partial charge in [-0.3, -0.25) is 9.79 Å². The van der Waals surface area contributed by atoms with Gasteiger partial charge >= 0.3 is 0 Å². The van der Waals surface area contributed by atoms with Crippen LogP contribution in [0.15, 0.2) is 15.7 Å². The van der Waals surface area contributed by atoms with Gasteiger partial charge in [0.15, 0.2) is 6.29 Å². The summed E-state index contributed by atoms with van der Waals surface area (Å²) >= 11 is 3.00. The van der Waals surface area contributed by atoms with Crippen LogP contribution in [0, 0.1) is 5.41 Å². The molecular weight excluding hydrogens is 184 g/mol. The standard InChI is InChI=1S/C5H5BrN2O/c6-5(3-7)4-8-1-2-9/h1-4,7H/b5-4+,7-3?,8-1+. The summed E-state index contributed by atoms with van der Waals surface area (Å²) in [6.07, 6.45) is 4.12. The van der Waals surface area contributed by atoms with Gasteiger partial charge in [-0.15, -0.1) is 0 Å². The second-order valence-electron chi connectivity index (χ2n) is 1.09. The number of halogens is 1. The van der Waals surface area contributed by atoms with Crippen LogP contribution in [-0.2, 0) is 4.79 Å². The predicted octanol–water partition coefficient (Wildman–Crippen LogP) is 1.14. The number of aliphatic imine (C=N–C) groups is 1. The van der Waals surface area contributed by atoms with Gasteiger partial charge in [0.25, 0.3) is 0 Å². The first kappa shape index (κ1) is 8.23. The summed E-state index contributed by atoms with van der Waals surface area (Å²) in [6.45, 7) is 0. The number of hydrogen-bond acceptors (Lipinski definition) is 3. The Morgan fingerprint density at radius 3 is 2.78 bits per heavy atom. The lowest BCUT2D eigenvalue weighted by molar-refractivity contribution is -0.102. The average Bonchev–Trinajstić information content (AvgIpc) is 1.89. The molecule has 0 aromatic heterocycles. The SMILES string of the molecule is N=C/C(Br)=C\N=C\C=O. The van der Waals surface area contributed by atoms with Crippen LogP contribution in [0.25, 0.3) is 0 Å². The second kappa shape index (κ2) is 5.37. The van der Waals surface area contributed by atoms with Crippen LogP contribution < -0.4 is 0 Å². The van der Waals surface area contributed by atoms with Crippen LogP contribution in [0.1, 0.15) is 0 Å². The molecule has 0 saturated heterocycles. The second-order valence-corrected chi connectivity index (χ2v) is 2.01. The molecule has 1 N–H and O–H groups in total. The summed E-state index contributed by atoms with van der Waals surface area (Å²) in [5.74, 6) is 0. The molecule has 0 bridgehead atoms. The highest BCUT2D eigenvalue weighted by Crippen LogP contribution is 1.98. The van der Waals surface area contributed by atoms with E-state index in [4.69, 9.17) is 5.41 Å². The van der Waals surface area contributed by atoms with Crippen molar-refractivity contribution in [1.29, 1.82) is 5.41 Å². The van der Waals surface area contributed by atoms with Crippen LogP contribution in [0.4, 0.5) is 0 Å². The normalized spacial score (nSPS) is 11.9. The molecule has 48 valence electrons. The third-order valence-corrected chi connectivity index (χ3v) is 0.916. The van der Waals surface area contributed by atoms with Crippen molar-refractivity contribution in [2.45, 2.75) is 0 Å². The lowest BCUT2D eigenvalue weighted by atomic mass is 10.7. The highest BCUT2D eigenvalue weighted by molar-refractivity contribution is 9.12. The number of allylic oxidation sites excluding steroid dienone is 1. The first-order chi connectivity index (χ1) is 4.31. The molecule has 0 spiro atoms. The lowest BCUT2D eigenvalue weighted by Crippen LogP contribution is -1.71. The Hall–Kier alpha value is -0.770. The number of carbonyl (C=O) groups excluding carboxylic acids is 1. The molecule has 0 saturated carbocycles. The molecule has 0 aromatic carbocycles. The fourth-order valence-electron chi connectivity index (χ4n) is 0.187. The van der Waals surface area contributed by atoms with Crippen molar-refractivity contribution >= 4 is 34.6 Å². The van der Waals surface area contributed by atoms with Gasteiger partial charge in [0.2, 0.25) is 0 Å². The van der Waals surface area contributed by atoms with Crippen molar-refractivity contribution in [2.75, 3.05) is 0 Å². The fourth-order valence-corrected chi connectivity index (χ4v) is 0.305. The van der Waals surface area contributed by atoms with Crippen LogP contribution in [-0.4, -0.2) is 18.7 Å². The largest absolute Gasteiger partial charge is 0.308 e. The van der Waals surface area contributed by atoms with Gasteiger partial charge in [0.05, 0.1) is 10.7 Å². The van der Waals surface area contributed by atoms with E-state index in [9.17, 15) is 4.79 Å². The van der Waals surface area contributed by atoms with Gasteiger partial charge < -0.3 is 5.41 Å². The third kappa shape index (κ3) is 5.10. The maximum atomic E-state index is 9.62. The smallest absolute Gasteiger partial charge is 0.161 e. The number of nitrogens with one attached hydrogen (secondary N) is 1. The van der Waals surface area contributed by atoms with Crippen LogP contribution in [0.3, 0.4) is 0 Å². The molecule has 0 aliphatic rings. The van der Waals surface area contributed by atoms with Crippen molar-refractivity contribution in [3.63, 3.8) is 0 Å². The number of rotatable bonds is 3. The molecule has 0 aliphatic carbocycles. The van der Waals surface area contributed by atoms with E-state index in [1.807, 2.05) is 0 Å². The predicted molar refractivity (Wildman–Crippen MR) is 40.3 cm³/mol. The van der Waals surface area contributed by atoms with E-state index < -0.39 is 0 Å². The lowest BCUT2D eigenvalue weighted by Gasteiger charge is -1.77. The number of carbonyl (C=O) groups is 1. The summed E-state index contributed by atoms with van der Waals surface area (Å²) in [6, 6.07) is 0. The molecule has 0 radical (unpaired) electrons.